The monoisotopic (exact) mass is 468 g/mol. The molecule has 1 saturated heterocycles. The smallest absolute Gasteiger partial charge is 0.309 e. The summed E-state index contributed by atoms with van der Waals surface area (Å²) < 4.78 is 5.10. The summed E-state index contributed by atoms with van der Waals surface area (Å²) in [7, 11) is 0. The number of hydrogen-bond donors (Lipinski definition) is 2. The third kappa shape index (κ3) is 9.27. The summed E-state index contributed by atoms with van der Waals surface area (Å²) in [6, 6.07) is 0.150. The molecule has 1 heterocycles. The van der Waals surface area contributed by atoms with Gasteiger partial charge in [-0.05, 0) is 40.5 Å². The van der Waals surface area contributed by atoms with Crippen LogP contribution in [-0.2, 0) is 14.3 Å². The van der Waals surface area contributed by atoms with E-state index < -0.39 is 0 Å². The van der Waals surface area contributed by atoms with Crippen LogP contribution in [0.25, 0.3) is 0 Å². The molecule has 8 heteroatoms. The number of nitrogens with one attached hydrogen (secondary N) is 2. The van der Waals surface area contributed by atoms with Gasteiger partial charge in [0.2, 0.25) is 5.91 Å². The van der Waals surface area contributed by atoms with E-state index in [1.807, 2.05) is 27.7 Å². The van der Waals surface area contributed by atoms with Crippen LogP contribution in [0.3, 0.4) is 0 Å². The second-order valence-corrected chi connectivity index (χ2v) is 6.22. The Kier molecular flexibility index (Phi) is 12.6. The molecular formula is C17H33IN4O3. The van der Waals surface area contributed by atoms with Crippen molar-refractivity contribution in [1.29, 1.82) is 0 Å². The van der Waals surface area contributed by atoms with Gasteiger partial charge in [-0.3, -0.25) is 14.6 Å². The van der Waals surface area contributed by atoms with E-state index in [0.29, 0.717) is 19.6 Å². The number of hydrogen-bond acceptors (Lipinski definition) is 4. The lowest BCUT2D eigenvalue weighted by Gasteiger charge is -2.33. The van der Waals surface area contributed by atoms with Crippen LogP contribution in [0.5, 0.6) is 0 Å². The van der Waals surface area contributed by atoms with Crippen LogP contribution in [0.4, 0.5) is 0 Å². The topological polar surface area (TPSA) is 83.0 Å². The predicted octanol–water partition coefficient (Wildman–Crippen LogP) is 1.76. The van der Waals surface area contributed by atoms with Crippen molar-refractivity contribution in [3.63, 3.8) is 0 Å². The first-order valence-electron chi connectivity index (χ1n) is 8.97. The molecule has 0 atom stereocenters. The molecule has 7 nitrogen and oxygen atoms in total. The molecule has 2 N–H and O–H groups in total. The Bertz CT molecular complexity index is 436. The highest BCUT2D eigenvalue weighted by atomic mass is 127. The van der Waals surface area contributed by atoms with Gasteiger partial charge in [-0.2, -0.15) is 0 Å². The molecule has 1 fully saturated rings. The molecule has 0 unspecified atom stereocenters. The number of ether oxygens (including phenoxy) is 1. The first kappa shape index (κ1) is 23.9. The Balaban J connectivity index is 0.00000576. The molecule has 0 spiro atoms. The van der Waals surface area contributed by atoms with E-state index in [1.165, 1.54) is 0 Å². The van der Waals surface area contributed by atoms with Crippen LogP contribution in [-0.4, -0.2) is 61.6 Å². The zero-order chi connectivity index (χ0) is 17.9. The number of piperidine rings is 1. The van der Waals surface area contributed by atoms with Crippen molar-refractivity contribution in [2.24, 2.45) is 10.9 Å². The van der Waals surface area contributed by atoms with E-state index >= 15 is 0 Å². The molecular weight excluding hydrogens is 435 g/mol. The van der Waals surface area contributed by atoms with Crippen molar-refractivity contribution >= 4 is 41.8 Å². The summed E-state index contributed by atoms with van der Waals surface area (Å²) in [4.78, 5) is 30.2. The van der Waals surface area contributed by atoms with Gasteiger partial charge in [0.05, 0.1) is 19.1 Å². The van der Waals surface area contributed by atoms with E-state index in [9.17, 15) is 9.59 Å². The van der Waals surface area contributed by atoms with Crippen molar-refractivity contribution in [2.75, 3.05) is 32.8 Å². The molecule has 0 saturated carbocycles. The first-order valence-corrected chi connectivity index (χ1v) is 8.97. The minimum absolute atomic E-state index is 0. The van der Waals surface area contributed by atoms with Crippen molar-refractivity contribution in [3.05, 3.63) is 0 Å². The maximum absolute atomic E-state index is 11.8. The van der Waals surface area contributed by atoms with E-state index in [-0.39, 0.29) is 47.8 Å². The number of likely N-dealkylation sites (tertiary alicyclic amines) is 1. The van der Waals surface area contributed by atoms with Crippen molar-refractivity contribution in [3.8, 4) is 0 Å². The first-order chi connectivity index (χ1) is 11.5. The number of halogens is 1. The second-order valence-electron chi connectivity index (χ2n) is 6.22. The quantitative estimate of drug-likeness (QED) is 0.258. The summed E-state index contributed by atoms with van der Waals surface area (Å²) in [5.41, 5.74) is 0. The summed E-state index contributed by atoms with van der Waals surface area (Å²) in [6.07, 6.45) is 1.93. The van der Waals surface area contributed by atoms with E-state index in [0.717, 1.165) is 38.4 Å². The lowest BCUT2D eigenvalue weighted by molar-refractivity contribution is -0.149. The van der Waals surface area contributed by atoms with Gasteiger partial charge < -0.3 is 20.3 Å². The van der Waals surface area contributed by atoms with Crippen molar-refractivity contribution in [2.45, 2.75) is 53.0 Å². The van der Waals surface area contributed by atoms with Gasteiger partial charge in [0.1, 0.15) is 0 Å². The van der Waals surface area contributed by atoms with Gasteiger partial charge in [0.15, 0.2) is 5.96 Å². The number of carbonyl (C=O) groups excluding carboxylic acids is 2. The predicted molar refractivity (Wildman–Crippen MR) is 110 cm³/mol. The Hall–Kier alpha value is -1.06. The van der Waals surface area contributed by atoms with Gasteiger partial charge in [-0.25, -0.2) is 0 Å². The average Bonchev–Trinajstić information content (AvgIpc) is 2.54. The Labute approximate surface area is 168 Å². The molecule has 0 aromatic carbocycles. The van der Waals surface area contributed by atoms with Crippen LogP contribution in [0.2, 0.25) is 0 Å². The number of guanidine groups is 1. The Morgan fingerprint density at radius 2 is 1.88 bits per heavy atom. The standard InChI is InChI=1S/C17H32N4O3.HI/c1-5-18-17(19-10-7-15(22)20-13(3)4)21-11-8-14(9-12-21)16(23)24-6-2;/h13-14H,5-12H2,1-4H3,(H,18,19)(H,20,22);1H. The van der Waals surface area contributed by atoms with Crippen molar-refractivity contribution < 1.29 is 14.3 Å². The minimum Gasteiger partial charge on any atom is -0.466 e. The van der Waals surface area contributed by atoms with Gasteiger partial charge in [0, 0.05) is 32.1 Å². The number of amides is 1. The van der Waals surface area contributed by atoms with Gasteiger partial charge in [-0.1, -0.05) is 0 Å². The van der Waals surface area contributed by atoms with Crippen LogP contribution in [0.1, 0.15) is 47.0 Å². The van der Waals surface area contributed by atoms with Crippen LogP contribution in [0.15, 0.2) is 4.99 Å². The molecule has 146 valence electrons. The molecule has 0 bridgehead atoms. The molecule has 0 aromatic rings. The molecule has 0 aromatic heterocycles. The van der Waals surface area contributed by atoms with Crippen LogP contribution >= 0.6 is 24.0 Å². The number of aliphatic imine (C=N–C) groups is 1. The van der Waals surface area contributed by atoms with E-state index in [1.54, 1.807) is 0 Å². The maximum atomic E-state index is 11.8. The lowest BCUT2D eigenvalue weighted by atomic mass is 9.97. The Morgan fingerprint density at radius 1 is 1.24 bits per heavy atom. The van der Waals surface area contributed by atoms with Gasteiger partial charge >= 0.3 is 5.97 Å². The fourth-order valence-electron chi connectivity index (χ4n) is 2.67. The fraction of sp³-hybridized carbons (Fsp3) is 0.824. The molecule has 1 aliphatic heterocycles. The zero-order valence-electron chi connectivity index (χ0n) is 15.8. The van der Waals surface area contributed by atoms with E-state index in [2.05, 4.69) is 20.5 Å². The maximum Gasteiger partial charge on any atom is 0.309 e. The average molecular weight is 468 g/mol. The molecule has 0 radical (unpaired) electrons. The summed E-state index contributed by atoms with van der Waals surface area (Å²) >= 11 is 0. The minimum atomic E-state index is -0.0931. The number of rotatable bonds is 7. The zero-order valence-corrected chi connectivity index (χ0v) is 18.2. The van der Waals surface area contributed by atoms with Crippen LogP contribution in [0, 0.1) is 5.92 Å². The molecule has 1 rings (SSSR count). The summed E-state index contributed by atoms with van der Waals surface area (Å²) in [6.45, 7) is 10.9. The molecule has 0 aliphatic carbocycles. The molecule has 1 amide bonds. The summed E-state index contributed by atoms with van der Waals surface area (Å²) in [5, 5.41) is 6.13. The number of esters is 1. The Morgan fingerprint density at radius 3 is 2.40 bits per heavy atom. The third-order valence-electron chi connectivity index (χ3n) is 3.80. The largest absolute Gasteiger partial charge is 0.466 e. The van der Waals surface area contributed by atoms with E-state index in [4.69, 9.17) is 4.74 Å². The normalized spacial score (nSPS) is 15.6. The highest BCUT2D eigenvalue weighted by Gasteiger charge is 2.27. The molecule has 25 heavy (non-hydrogen) atoms. The molecule has 1 aliphatic rings. The third-order valence-corrected chi connectivity index (χ3v) is 3.80. The highest BCUT2D eigenvalue weighted by Crippen LogP contribution is 2.18. The summed E-state index contributed by atoms with van der Waals surface area (Å²) in [5.74, 6) is 0.730. The fourth-order valence-corrected chi connectivity index (χ4v) is 2.67. The highest BCUT2D eigenvalue weighted by molar-refractivity contribution is 14.0. The second kappa shape index (κ2) is 13.2. The SMILES string of the molecule is CCNC(=NCCC(=O)NC(C)C)N1CCC(C(=O)OCC)CC1.I. The number of carbonyl (C=O) groups is 2. The van der Waals surface area contributed by atoms with Crippen LogP contribution < -0.4 is 10.6 Å². The van der Waals surface area contributed by atoms with Gasteiger partial charge in [0.25, 0.3) is 0 Å². The lowest BCUT2D eigenvalue weighted by Crippen LogP contribution is -2.46. The number of nitrogens with zero attached hydrogens (tertiary/aromatic N) is 2. The van der Waals surface area contributed by atoms with Crippen molar-refractivity contribution in [1.82, 2.24) is 15.5 Å². The van der Waals surface area contributed by atoms with Gasteiger partial charge in [-0.15, -0.1) is 24.0 Å².